The number of hydrogen-bond donors (Lipinski definition) is 1. The van der Waals surface area contributed by atoms with Gasteiger partial charge in [0.25, 0.3) is 0 Å². The maximum Gasteiger partial charge on any atom is 0.185 e. The van der Waals surface area contributed by atoms with Gasteiger partial charge in [0.15, 0.2) is 11.5 Å². The van der Waals surface area contributed by atoms with Crippen LogP contribution in [0.4, 0.5) is 5.82 Å². The third-order valence-corrected chi connectivity index (χ3v) is 5.15. The highest BCUT2D eigenvalue weighted by molar-refractivity contribution is 9.11. The standard InChI is InChI=1S/C15H11BrN6S/c1-9(12-6-7-13(16)23-12)18-19-14-10-4-2-3-5-11(10)15-20-17-8-22(15)21-14/h2-8H,1H3,(H,19,21)/b18-9+. The zero-order chi connectivity index (χ0) is 15.8. The number of hydrazone groups is 1. The van der Waals surface area contributed by atoms with Crippen molar-refractivity contribution in [3.8, 4) is 0 Å². The highest BCUT2D eigenvalue weighted by atomic mass is 79.9. The van der Waals surface area contributed by atoms with E-state index in [2.05, 4.69) is 41.8 Å². The van der Waals surface area contributed by atoms with Crippen LogP contribution in [0.2, 0.25) is 0 Å². The van der Waals surface area contributed by atoms with Crippen LogP contribution < -0.4 is 5.43 Å². The molecule has 0 aliphatic rings. The number of nitrogens with zero attached hydrogens (tertiary/aromatic N) is 5. The molecule has 0 aliphatic carbocycles. The molecule has 0 atom stereocenters. The molecule has 4 rings (SSSR count). The molecular weight excluding hydrogens is 376 g/mol. The Balaban J connectivity index is 1.78. The van der Waals surface area contributed by atoms with E-state index >= 15 is 0 Å². The predicted molar refractivity (Wildman–Crippen MR) is 96.1 cm³/mol. The average Bonchev–Trinajstić information content (AvgIpc) is 3.21. The van der Waals surface area contributed by atoms with Crippen LogP contribution in [0.25, 0.3) is 16.4 Å². The summed E-state index contributed by atoms with van der Waals surface area (Å²) < 4.78 is 2.73. The summed E-state index contributed by atoms with van der Waals surface area (Å²) in [6.07, 6.45) is 1.58. The molecule has 1 aromatic carbocycles. The van der Waals surface area contributed by atoms with Crippen molar-refractivity contribution in [3.63, 3.8) is 0 Å². The largest absolute Gasteiger partial charge is 0.259 e. The lowest BCUT2D eigenvalue weighted by molar-refractivity contribution is 0.934. The monoisotopic (exact) mass is 386 g/mol. The Hall–Kier alpha value is -2.32. The second-order valence-electron chi connectivity index (χ2n) is 4.91. The third-order valence-electron chi connectivity index (χ3n) is 3.42. The van der Waals surface area contributed by atoms with Gasteiger partial charge in [-0.05, 0) is 35.0 Å². The lowest BCUT2D eigenvalue weighted by Crippen LogP contribution is -2.03. The predicted octanol–water partition coefficient (Wildman–Crippen LogP) is 3.94. The minimum absolute atomic E-state index is 0.669. The van der Waals surface area contributed by atoms with Crippen molar-refractivity contribution in [2.45, 2.75) is 6.92 Å². The first kappa shape index (κ1) is 14.3. The molecule has 6 nitrogen and oxygen atoms in total. The van der Waals surface area contributed by atoms with E-state index in [0.717, 1.165) is 30.8 Å². The van der Waals surface area contributed by atoms with Gasteiger partial charge in [-0.1, -0.05) is 24.3 Å². The second kappa shape index (κ2) is 5.71. The minimum atomic E-state index is 0.669. The summed E-state index contributed by atoms with van der Waals surface area (Å²) in [7, 11) is 0. The molecule has 4 aromatic rings. The summed E-state index contributed by atoms with van der Waals surface area (Å²) in [4.78, 5) is 1.10. The Labute approximate surface area is 144 Å². The van der Waals surface area contributed by atoms with E-state index in [0.29, 0.717) is 5.82 Å². The summed E-state index contributed by atoms with van der Waals surface area (Å²) in [6.45, 7) is 1.96. The molecule has 3 heterocycles. The number of halogens is 1. The number of rotatable bonds is 3. The fourth-order valence-electron chi connectivity index (χ4n) is 2.31. The van der Waals surface area contributed by atoms with Crippen molar-refractivity contribution in [2.24, 2.45) is 5.10 Å². The molecule has 8 heteroatoms. The van der Waals surface area contributed by atoms with Gasteiger partial charge in [0.2, 0.25) is 0 Å². The zero-order valence-electron chi connectivity index (χ0n) is 12.1. The normalized spacial score (nSPS) is 12.2. The average molecular weight is 387 g/mol. The number of benzene rings is 1. The van der Waals surface area contributed by atoms with E-state index in [9.17, 15) is 0 Å². The molecule has 0 saturated carbocycles. The van der Waals surface area contributed by atoms with Gasteiger partial charge >= 0.3 is 0 Å². The van der Waals surface area contributed by atoms with Crippen molar-refractivity contribution in [2.75, 3.05) is 5.43 Å². The van der Waals surface area contributed by atoms with Gasteiger partial charge < -0.3 is 0 Å². The van der Waals surface area contributed by atoms with Gasteiger partial charge in [-0.15, -0.1) is 26.6 Å². The van der Waals surface area contributed by atoms with Crippen LogP contribution in [0, 0.1) is 0 Å². The van der Waals surface area contributed by atoms with Crippen LogP contribution in [0.15, 0.2) is 51.6 Å². The number of thiophene rings is 1. The number of nitrogens with one attached hydrogen (secondary N) is 1. The number of hydrogen-bond acceptors (Lipinski definition) is 6. The Morgan fingerprint density at radius 2 is 2.04 bits per heavy atom. The topological polar surface area (TPSA) is 67.5 Å². The molecular formula is C15H11BrN6S. The van der Waals surface area contributed by atoms with Crippen LogP contribution in [-0.4, -0.2) is 25.5 Å². The molecule has 0 bridgehead atoms. The maximum absolute atomic E-state index is 4.50. The van der Waals surface area contributed by atoms with Gasteiger partial charge in [0.1, 0.15) is 6.33 Å². The van der Waals surface area contributed by atoms with Crippen LogP contribution in [-0.2, 0) is 0 Å². The fraction of sp³-hybridized carbons (Fsp3) is 0.0667. The Morgan fingerprint density at radius 1 is 1.22 bits per heavy atom. The number of fused-ring (bicyclic) bond motifs is 3. The Morgan fingerprint density at radius 3 is 2.83 bits per heavy atom. The van der Waals surface area contributed by atoms with Crippen molar-refractivity contribution in [1.82, 2.24) is 19.8 Å². The summed E-state index contributed by atoms with van der Waals surface area (Å²) in [5.41, 5.74) is 4.70. The first-order chi connectivity index (χ1) is 11.2. The highest BCUT2D eigenvalue weighted by Crippen LogP contribution is 2.25. The molecule has 1 N–H and O–H groups in total. The van der Waals surface area contributed by atoms with Gasteiger partial charge in [-0.3, -0.25) is 5.43 Å². The smallest absolute Gasteiger partial charge is 0.185 e. The van der Waals surface area contributed by atoms with Gasteiger partial charge in [0.05, 0.1) is 14.4 Å². The summed E-state index contributed by atoms with van der Waals surface area (Å²) >= 11 is 5.10. The fourth-order valence-corrected chi connectivity index (χ4v) is 3.64. The Kier molecular flexibility index (Phi) is 3.55. The SMILES string of the molecule is C/C(=N\Nc1nn2cnnc2c2ccccc12)c1ccc(Br)s1. The zero-order valence-corrected chi connectivity index (χ0v) is 14.5. The second-order valence-corrected chi connectivity index (χ2v) is 7.37. The number of anilines is 1. The lowest BCUT2D eigenvalue weighted by Gasteiger charge is -2.06. The number of aromatic nitrogens is 4. The molecule has 0 amide bonds. The molecule has 0 fully saturated rings. The maximum atomic E-state index is 4.50. The van der Waals surface area contributed by atoms with Crippen molar-refractivity contribution < 1.29 is 0 Å². The molecule has 3 aromatic heterocycles. The van der Waals surface area contributed by atoms with E-state index in [-0.39, 0.29) is 0 Å². The third kappa shape index (κ3) is 2.60. The molecule has 0 aliphatic heterocycles. The van der Waals surface area contributed by atoms with E-state index in [1.165, 1.54) is 0 Å². The van der Waals surface area contributed by atoms with Crippen molar-refractivity contribution in [1.29, 1.82) is 0 Å². The quantitative estimate of drug-likeness (QED) is 0.427. The van der Waals surface area contributed by atoms with E-state index in [1.807, 2.05) is 43.3 Å². The summed E-state index contributed by atoms with van der Waals surface area (Å²) in [5.74, 6) is 0.669. The van der Waals surface area contributed by atoms with Crippen LogP contribution in [0.5, 0.6) is 0 Å². The van der Waals surface area contributed by atoms with Crippen LogP contribution in [0.1, 0.15) is 11.8 Å². The van der Waals surface area contributed by atoms with Crippen molar-refractivity contribution >= 4 is 55.2 Å². The van der Waals surface area contributed by atoms with Crippen LogP contribution >= 0.6 is 27.3 Å². The van der Waals surface area contributed by atoms with Gasteiger partial charge in [-0.2, -0.15) is 9.62 Å². The van der Waals surface area contributed by atoms with Gasteiger partial charge in [-0.25, -0.2) is 0 Å². The van der Waals surface area contributed by atoms with E-state index in [4.69, 9.17) is 0 Å². The highest BCUT2D eigenvalue weighted by Gasteiger charge is 2.09. The summed E-state index contributed by atoms with van der Waals surface area (Å²) in [5, 5.41) is 18.9. The Bertz CT molecular complexity index is 1030. The minimum Gasteiger partial charge on any atom is -0.259 e. The molecule has 0 unspecified atom stereocenters. The molecule has 114 valence electrons. The molecule has 0 radical (unpaired) electrons. The molecule has 23 heavy (non-hydrogen) atoms. The first-order valence-electron chi connectivity index (χ1n) is 6.87. The lowest BCUT2D eigenvalue weighted by atomic mass is 10.2. The van der Waals surface area contributed by atoms with Crippen LogP contribution in [0.3, 0.4) is 0 Å². The molecule has 0 spiro atoms. The van der Waals surface area contributed by atoms with Crippen molar-refractivity contribution in [3.05, 3.63) is 51.4 Å². The van der Waals surface area contributed by atoms with E-state index in [1.54, 1.807) is 22.2 Å². The summed E-state index contributed by atoms with van der Waals surface area (Å²) in [6, 6.07) is 12.0. The van der Waals surface area contributed by atoms with E-state index < -0.39 is 0 Å². The van der Waals surface area contributed by atoms with Gasteiger partial charge in [0, 0.05) is 10.8 Å². The molecule has 0 saturated heterocycles. The first-order valence-corrected chi connectivity index (χ1v) is 8.48.